The van der Waals surface area contributed by atoms with Crippen LogP contribution in [0, 0.1) is 5.92 Å². The molecule has 1 aliphatic rings. The van der Waals surface area contributed by atoms with Crippen molar-refractivity contribution in [3.63, 3.8) is 0 Å². The summed E-state index contributed by atoms with van der Waals surface area (Å²) < 4.78 is 7.00. The van der Waals surface area contributed by atoms with Crippen molar-refractivity contribution >= 4 is 5.91 Å². The molecule has 112 valence electrons. The molecule has 0 saturated carbocycles. The number of methoxy groups -OCH3 is 1. The molecule has 2 rings (SSSR count). The molecule has 2 heterocycles. The third-order valence-corrected chi connectivity index (χ3v) is 3.98. The van der Waals surface area contributed by atoms with Crippen LogP contribution in [-0.4, -0.2) is 53.2 Å². The predicted molar refractivity (Wildman–Crippen MR) is 76.1 cm³/mol. The number of nitrogens with zero attached hydrogens (tertiary/aromatic N) is 3. The van der Waals surface area contributed by atoms with E-state index < -0.39 is 6.04 Å². The molecule has 1 aromatic heterocycles. The lowest BCUT2D eigenvalue weighted by molar-refractivity contribution is -0.135. The topological polar surface area (TPSA) is 73.4 Å². The maximum Gasteiger partial charge on any atom is 0.241 e. The zero-order valence-electron chi connectivity index (χ0n) is 12.3. The summed E-state index contributed by atoms with van der Waals surface area (Å²) in [5, 5.41) is 0. The normalized spacial score (nSPS) is 18.2. The molecule has 0 bridgehead atoms. The van der Waals surface area contributed by atoms with Gasteiger partial charge in [0, 0.05) is 46.1 Å². The summed E-state index contributed by atoms with van der Waals surface area (Å²) in [4.78, 5) is 18.3. The van der Waals surface area contributed by atoms with E-state index in [1.54, 1.807) is 7.11 Å². The maximum atomic E-state index is 12.1. The molecule has 6 heteroatoms. The molecule has 1 fully saturated rings. The second kappa shape index (κ2) is 6.85. The summed E-state index contributed by atoms with van der Waals surface area (Å²) >= 11 is 0. The minimum absolute atomic E-state index is 0.00212. The lowest BCUT2D eigenvalue weighted by Gasteiger charge is -2.33. The summed E-state index contributed by atoms with van der Waals surface area (Å²) in [6, 6.07) is -0.536. The molecule has 1 unspecified atom stereocenters. The Morgan fingerprint density at radius 1 is 1.55 bits per heavy atom. The van der Waals surface area contributed by atoms with E-state index in [4.69, 9.17) is 10.5 Å². The zero-order chi connectivity index (χ0) is 14.5. The van der Waals surface area contributed by atoms with Crippen molar-refractivity contribution in [2.24, 2.45) is 18.7 Å². The minimum atomic E-state index is -0.536. The molecule has 0 aromatic carbocycles. The number of aromatic nitrogens is 2. The van der Waals surface area contributed by atoms with Crippen molar-refractivity contribution in [1.82, 2.24) is 14.5 Å². The van der Waals surface area contributed by atoms with Gasteiger partial charge < -0.3 is 19.9 Å². The zero-order valence-corrected chi connectivity index (χ0v) is 12.3. The fourth-order valence-corrected chi connectivity index (χ4v) is 2.69. The van der Waals surface area contributed by atoms with Crippen LogP contribution in [0.3, 0.4) is 0 Å². The van der Waals surface area contributed by atoms with E-state index in [9.17, 15) is 4.79 Å². The number of carbonyl (C=O) groups excluding carboxylic acids is 1. The van der Waals surface area contributed by atoms with Crippen LogP contribution in [0.4, 0.5) is 0 Å². The van der Waals surface area contributed by atoms with Gasteiger partial charge in [-0.2, -0.15) is 0 Å². The molecule has 0 aliphatic carbocycles. The Hall–Kier alpha value is -1.40. The van der Waals surface area contributed by atoms with Crippen LogP contribution in [0.5, 0.6) is 0 Å². The van der Waals surface area contributed by atoms with Gasteiger partial charge in [0.05, 0.1) is 6.61 Å². The summed E-state index contributed by atoms with van der Waals surface area (Å²) in [7, 11) is 3.58. The van der Waals surface area contributed by atoms with E-state index in [0.717, 1.165) is 38.2 Å². The maximum absolute atomic E-state index is 12.1. The van der Waals surface area contributed by atoms with Gasteiger partial charge in [-0.3, -0.25) is 4.79 Å². The fraction of sp³-hybridized carbons (Fsp3) is 0.714. The van der Waals surface area contributed by atoms with Crippen LogP contribution in [0.25, 0.3) is 0 Å². The van der Waals surface area contributed by atoms with Crippen molar-refractivity contribution in [2.45, 2.75) is 25.3 Å². The number of nitrogens with two attached hydrogens (primary N) is 1. The van der Waals surface area contributed by atoms with Crippen LogP contribution in [0.2, 0.25) is 0 Å². The fourth-order valence-electron chi connectivity index (χ4n) is 2.69. The number of imidazole rings is 1. The number of aryl methyl sites for hydroxylation is 1. The number of ether oxygens (including phenoxy) is 1. The first kappa shape index (κ1) is 15.0. The number of rotatable bonds is 5. The first-order chi connectivity index (χ1) is 9.61. The van der Waals surface area contributed by atoms with Crippen molar-refractivity contribution in [1.29, 1.82) is 0 Å². The molecule has 20 heavy (non-hydrogen) atoms. The highest BCUT2D eigenvalue weighted by atomic mass is 16.5. The highest BCUT2D eigenvalue weighted by Gasteiger charge is 2.26. The molecule has 1 aromatic rings. The van der Waals surface area contributed by atoms with Gasteiger partial charge in [0.1, 0.15) is 11.9 Å². The van der Waals surface area contributed by atoms with E-state index in [2.05, 4.69) is 9.55 Å². The number of piperidine rings is 1. The minimum Gasteiger partial charge on any atom is -0.383 e. The van der Waals surface area contributed by atoms with Crippen molar-refractivity contribution in [3.8, 4) is 0 Å². The van der Waals surface area contributed by atoms with Crippen molar-refractivity contribution < 1.29 is 9.53 Å². The van der Waals surface area contributed by atoms with Gasteiger partial charge in [-0.1, -0.05) is 0 Å². The summed E-state index contributed by atoms with van der Waals surface area (Å²) in [6.07, 6.45) is 6.81. The molecule has 6 nitrogen and oxygen atoms in total. The number of amides is 1. The molecule has 1 amide bonds. The monoisotopic (exact) mass is 280 g/mol. The summed E-state index contributed by atoms with van der Waals surface area (Å²) in [5.74, 6) is 1.71. The largest absolute Gasteiger partial charge is 0.383 e. The Labute approximate surface area is 119 Å². The third kappa shape index (κ3) is 3.58. The highest BCUT2D eigenvalue weighted by molar-refractivity contribution is 5.81. The lowest BCUT2D eigenvalue weighted by Crippen LogP contribution is -2.49. The Bertz CT molecular complexity index is 438. The van der Waals surface area contributed by atoms with Crippen LogP contribution in [-0.2, 0) is 23.0 Å². The second-order valence-corrected chi connectivity index (χ2v) is 5.49. The molecule has 1 atom stereocenters. The van der Waals surface area contributed by atoms with E-state index in [1.807, 2.05) is 24.3 Å². The van der Waals surface area contributed by atoms with E-state index in [1.165, 1.54) is 0 Å². The average molecular weight is 280 g/mol. The molecule has 1 aliphatic heterocycles. The number of likely N-dealkylation sites (tertiary alicyclic amines) is 1. The molecule has 0 radical (unpaired) electrons. The van der Waals surface area contributed by atoms with Crippen LogP contribution >= 0.6 is 0 Å². The summed E-state index contributed by atoms with van der Waals surface area (Å²) in [5.41, 5.74) is 5.79. The van der Waals surface area contributed by atoms with Gasteiger partial charge in [0.15, 0.2) is 0 Å². The number of carbonyl (C=O) groups is 1. The van der Waals surface area contributed by atoms with Gasteiger partial charge in [0.25, 0.3) is 0 Å². The SMILES string of the molecule is COCC(N)C(=O)N1CCC(Cc2nccn2C)CC1. The smallest absolute Gasteiger partial charge is 0.241 e. The number of hydrogen-bond acceptors (Lipinski definition) is 4. The van der Waals surface area contributed by atoms with Gasteiger partial charge in [-0.15, -0.1) is 0 Å². The number of hydrogen-bond donors (Lipinski definition) is 1. The van der Waals surface area contributed by atoms with Crippen molar-refractivity contribution in [3.05, 3.63) is 18.2 Å². The van der Waals surface area contributed by atoms with Gasteiger partial charge in [-0.05, 0) is 18.8 Å². The van der Waals surface area contributed by atoms with Crippen molar-refractivity contribution in [2.75, 3.05) is 26.8 Å². The lowest BCUT2D eigenvalue weighted by atomic mass is 9.93. The highest BCUT2D eigenvalue weighted by Crippen LogP contribution is 2.21. The molecular weight excluding hydrogens is 256 g/mol. The summed E-state index contributed by atoms with van der Waals surface area (Å²) in [6.45, 7) is 1.85. The molecule has 1 saturated heterocycles. The van der Waals surface area contributed by atoms with Gasteiger partial charge in [-0.25, -0.2) is 4.98 Å². The quantitative estimate of drug-likeness (QED) is 0.835. The first-order valence-electron chi connectivity index (χ1n) is 7.11. The third-order valence-electron chi connectivity index (χ3n) is 3.98. The molecule has 2 N–H and O–H groups in total. The second-order valence-electron chi connectivity index (χ2n) is 5.49. The Kier molecular flexibility index (Phi) is 5.14. The van der Waals surface area contributed by atoms with Crippen LogP contribution in [0.1, 0.15) is 18.7 Å². The molecular formula is C14H24N4O2. The van der Waals surface area contributed by atoms with E-state index in [0.29, 0.717) is 5.92 Å². The average Bonchev–Trinajstić information content (AvgIpc) is 2.85. The Morgan fingerprint density at radius 3 is 2.80 bits per heavy atom. The van der Waals surface area contributed by atoms with Gasteiger partial charge >= 0.3 is 0 Å². The van der Waals surface area contributed by atoms with E-state index in [-0.39, 0.29) is 12.5 Å². The van der Waals surface area contributed by atoms with Crippen LogP contribution < -0.4 is 5.73 Å². The first-order valence-corrected chi connectivity index (χ1v) is 7.11. The Balaban J connectivity index is 1.80. The predicted octanol–water partition coefficient (Wildman–Crippen LogP) is 0.175. The van der Waals surface area contributed by atoms with E-state index >= 15 is 0 Å². The van der Waals surface area contributed by atoms with Gasteiger partial charge in [0.2, 0.25) is 5.91 Å². The van der Waals surface area contributed by atoms with Crippen LogP contribution in [0.15, 0.2) is 12.4 Å². The standard InChI is InChI=1S/C14H24N4O2/c1-17-8-5-16-13(17)9-11-3-6-18(7-4-11)14(19)12(15)10-20-2/h5,8,11-12H,3-4,6-7,9-10,15H2,1-2H3. The molecule has 0 spiro atoms. The Morgan fingerprint density at radius 2 is 2.25 bits per heavy atom.